The highest BCUT2D eigenvalue weighted by Gasteiger charge is 2.22. The molecule has 0 heterocycles. The highest BCUT2D eigenvalue weighted by Crippen LogP contribution is 2.36. The first kappa shape index (κ1) is 48.0. The van der Waals surface area contributed by atoms with Gasteiger partial charge in [0, 0.05) is 12.8 Å². The van der Waals surface area contributed by atoms with E-state index in [1.54, 1.807) is 6.08 Å². The number of unbranched alkanes of at least 4 members (excludes halogenated alkanes) is 14. The van der Waals surface area contributed by atoms with Crippen LogP contribution in [0.15, 0.2) is 48.6 Å². The molecule has 0 radical (unpaired) electrons. The minimum Gasteiger partial charge on any atom is -0.462 e. The summed E-state index contributed by atoms with van der Waals surface area (Å²) in [5.74, 6) is -0.192. The molecule has 0 saturated heterocycles. The molecule has 50 heavy (non-hydrogen) atoms. The molecule has 0 unspecified atom stereocenters. The molecule has 2 atom stereocenters. The van der Waals surface area contributed by atoms with Gasteiger partial charge in [-0.3, -0.25) is 14.1 Å². The normalized spacial score (nSPS) is 13.7. The Labute approximate surface area is 304 Å². The number of ether oxygens (including phenoxy) is 2. The predicted octanol–water partition coefficient (Wildman–Crippen LogP) is 10.4. The number of hydrogen-bond acceptors (Lipinski definition) is 7. The molecule has 0 aromatic carbocycles. The SMILES string of the molecule is CCCCC/C=C\C[C@@H](O)/C=C/C=C\C/C=C\CCCC(=O)OC[C@H](COP(=O)(O)O)OC(=O)CCCCCCCCCCCCCC(C)C. The molecule has 0 aromatic rings. The summed E-state index contributed by atoms with van der Waals surface area (Å²) in [6.07, 6.45) is 35.8. The van der Waals surface area contributed by atoms with E-state index in [0.29, 0.717) is 25.7 Å². The standard InChI is InChI=1S/C40H71O9P/c1-4-5-6-7-20-25-30-37(41)31-26-21-16-13-14-17-22-27-32-39(42)47-34-38(35-48-50(44,45)46)49-40(43)33-28-23-18-12-10-8-9-11-15-19-24-29-36(2)3/h14,16-17,20-21,25-26,31,36-38,41H,4-13,15,18-19,22-24,27-30,32-35H2,1-3H3,(H2,44,45,46)/b17-14-,21-16-,25-20-,31-26+/t37-,38-/m1/s1. The molecular weight excluding hydrogens is 655 g/mol. The molecule has 3 N–H and O–H groups in total. The van der Waals surface area contributed by atoms with Gasteiger partial charge in [-0.1, -0.05) is 153 Å². The lowest BCUT2D eigenvalue weighted by atomic mass is 10.0. The number of allylic oxidation sites excluding steroid dienone is 6. The quantitative estimate of drug-likeness (QED) is 0.0194. The Bertz CT molecular complexity index is 983. The number of hydrogen-bond donors (Lipinski definition) is 3. The molecule has 0 aliphatic heterocycles. The zero-order chi connectivity index (χ0) is 37.1. The van der Waals surface area contributed by atoms with Crippen LogP contribution in [0.1, 0.15) is 162 Å². The van der Waals surface area contributed by atoms with Gasteiger partial charge < -0.3 is 24.4 Å². The van der Waals surface area contributed by atoms with Crippen LogP contribution in [0.5, 0.6) is 0 Å². The third kappa shape index (κ3) is 37.2. The van der Waals surface area contributed by atoms with Crippen molar-refractivity contribution in [3.05, 3.63) is 48.6 Å². The summed E-state index contributed by atoms with van der Waals surface area (Å²) in [6.45, 7) is 5.84. The second-order valence-electron chi connectivity index (χ2n) is 13.6. The monoisotopic (exact) mass is 726 g/mol. The van der Waals surface area contributed by atoms with E-state index in [1.807, 2.05) is 36.5 Å². The van der Waals surface area contributed by atoms with Gasteiger partial charge in [0.05, 0.1) is 12.7 Å². The van der Waals surface area contributed by atoms with Crippen molar-refractivity contribution < 1.29 is 43.0 Å². The molecular formula is C40H71O9P. The van der Waals surface area contributed by atoms with Crippen molar-refractivity contribution in [3.63, 3.8) is 0 Å². The Balaban J connectivity index is 4.13. The maximum Gasteiger partial charge on any atom is 0.469 e. The van der Waals surface area contributed by atoms with E-state index in [2.05, 4.69) is 31.4 Å². The van der Waals surface area contributed by atoms with E-state index in [4.69, 9.17) is 19.3 Å². The number of carbonyl (C=O) groups excluding carboxylic acids is 2. The van der Waals surface area contributed by atoms with Crippen LogP contribution in [-0.2, 0) is 28.2 Å². The smallest absolute Gasteiger partial charge is 0.462 e. The Morgan fingerprint density at radius 1 is 0.680 bits per heavy atom. The fourth-order valence-electron chi connectivity index (χ4n) is 5.16. The van der Waals surface area contributed by atoms with Gasteiger partial charge in [-0.25, -0.2) is 4.57 Å². The summed E-state index contributed by atoms with van der Waals surface area (Å²) in [7, 11) is -4.78. The van der Waals surface area contributed by atoms with Crippen molar-refractivity contribution in [2.75, 3.05) is 13.2 Å². The minimum atomic E-state index is -4.78. The molecule has 9 nitrogen and oxygen atoms in total. The first-order chi connectivity index (χ1) is 24.0. The van der Waals surface area contributed by atoms with E-state index in [1.165, 1.54) is 70.6 Å². The number of aliphatic hydroxyl groups is 1. The highest BCUT2D eigenvalue weighted by molar-refractivity contribution is 7.46. The zero-order valence-electron chi connectivity index (χ0n) is 31.6. The van der Waals surface area contributed by atoms with E-state index < -0.39 is 38.6 Å². The summed E-state index contributed by atoms with van der Waals surface area (Å²) in [5, 5.41) is 9.98. The average Bonchev–Trinajstić information content (AvgIpc) is 3.06. The number of phosphoric ester groups is 1. The molecule has 0 aliphatic rings. The van der Waals surface area contributed by atoms with Crippen molar-refractivity contribution >= 4 is 19.8 Å². The maximum absolute atomic E-state index is 12.4. The van der Waals surface area contributed by atoms with Crippen molar-refractivity contribution in [2.24, 2.45) is 5.92 Å². The number of aliphatic hydroxyl groups excluding tert-OH is 1. The minimum absolute atomic E-state index is 0.159. The fourth-order valence-corrected chi connectivity index (χ4v) is 5.52. The third-order valence-electron chi connectivity index (χ3n) is 8.11. The van der Waals surface area contributed by atoms with Crippen LogP contribution in [0.3, 0.4) is 0 Å². The largest absolute Gasteiger partial charge is 0.469 e. The van der Waals surface area contributed by atoms with Gasteiger partial charge in [-0.15, -0.1) is 0 Å². The summed E-state index contributed by atoms with van der Waals surface area (Å²) in [6, 6.07) is 0. The van der Waals surface area contributed by atoms with Crippen LogP contribution in [0.25, 0.3) is 0 Å². The molecule has 0 spiro atoms. The summed E-state index contributed by atoms with van der Waals surface area (Å²) < 4.78 is 26.2. The van der Waals surface area contributed by atoms with Gasteiger partial charge >= 0.3 is 19.8 Å². The average molecular weight is 727 g/mol. The molecule has 10 heteroatoms. The van der Waals surface area contributed by atoms with E-state index in [-0.39, 0.29) is 19.4 Å². The topological polar surface area (TPSA) is 140 Å². The Morgan fingerprint density at radius 2 is 1.28 bits per heavy atom. The molecule has 0 amide bonds. The van der Waals surface area contributed by atoms with E-state index in [0.717, 1.165) is 38.0 Å². The first-order valence-corrected chi connectivity index (χ1v) is 20.9. The number of carbonyl (C=O) groups is 2. The van der Waals surface area contributed by atoms with Crippen LogP contribution in [-0.4, -0.2) is 52.3 Å². The van der Waals surface area contributed by atoms with Crippen molar-refractivity contribution in [2.45, 2.75) is 174 Å². The van der Waals surface area contributed by atoms with Gasteiger partial charge in [0.15, 0.2) is 6.10 Å². The van der Waals surface area contributed by atoms with E-state index in [9.17, 15) is 19.3 Å². The number of esters is 2. The van der Waals surface area contributed by atoms with Gasteiger partial charge in [0.25, 0.3) is 0 Å². The van der Waals surface area contributed by atoms with E-state index >= 15 is 0 Å². The second kappa shape index (κ2) is 34.1. The second-order valence-corrected chi connectivity index (χ2v) is 14.8. The van der Waals surface area contributed by atoms with Crippen LogP contribution < -0.4 is 0 Å². The van der Waals surface area contributed by atoms with Gasteiger partial charge in [0.2, 0.25) is 0 Å². The molecule has 290 valence electrons. The predicted molar refractivity (Wildman–Crippen MR) is 203 cm³/mol. The molecule has 0 fully saturated rings. The summed E-state index contributed by atoms with van der Waals surface area (Å²) in [5.41, 5.74) is 0. The maximum atomic E-state index is 12.4. The van der Waals surface area contributed by atoms with Gasteiger partial charge in [-0.05, 0) is 50.9 Å². The van der Waals surface area contributed by atoms with Crippen LogP contribution >= 0.6 is 7.82 Å². The molecule has 0 aliphatic carbocycles. The molecule has 0 saturated carbocycles. The molecule has 0 aromatic heterocycles. The first-order valence-electron chi connectivity index (χ1n) is 19.4. The van der Waals surface area contributed by atoms with Gasteiger partial charge in [0.1, 0.15) is 6.61 Å². The molecule has 0 bridgehead atoms. The number of phosphoric acid groups is 1. The lowest BCUT2D eigenvalue weighted by molar-refractivity contribution is -0.161. The summed E-state index contributed by atoms with van der Waals surface area (Å²) >= 11 is 0. The number of rotatable bonds is 34. The fraction of sp³-hybridized carbons (Fsp3) is 0.750. The van der Waals surface area contributed by atoms with Crippen LogP contribution in [0.2, 0.25) is 0 Å². The zero-order valence-corrected chi connectivity index (χ0v) is 32.5. The Hall–Kier alpha value is -2.03. The van der Waals surface area contributed by atoms with Crippen molar-refractivity contribution in [1.82, 2.24) is 0 Å². The lowest BCUT2D eigenvalue weighted by Crippen LogP contribution is -2.29. The lowest BCUT2D eigenvalue weighted by Gasteiger charge is -2.18. The van der Waals surface area contributed by atoms with Crippen molar-refractivity contribution in [1.29, 1.82) is 0 Å². The van der Waals surface area contributed by atoms with Crippen LogP contribution in [0.4, 0.5) is 0 Å². The van der Waals surface area contributed by atoms with Crippen molar-refractivity contribution in [3.8, 4) is 0 Å². The Morgan fingerprint density at radius 3 is 1.92 bits per heavy atom. The Kier molecular flexibility index (Phi) is 32.7. The molecule has 0 rings (SSSR count). The van der Waals surface area contributed by atoms with Crippen LogP contribution in [0, 0.1) is 5.92 Å². The highest BCUT2D eigenvalue weighted by atomic mass is 31.2. The summed E-state index contributed by atoms with van der Waals surface area (Å²) in [4.78, 5) is 42.7. The third-order valence-corrected chi connectivity index (χ3v) is 8.59. The van der Waals surface area contributed by atoms with Gasteiger partial charge in [-0.2, -0.15) is 0 Å².